The van der Waals surface area contributed by atoms with Crippen molar-refractivity contribution >= 4 is 23.0 Å². The maximum absolute atomic E-state index is 12.5. The maximum atomic E-state index is 12.5. The summed E-state index contributed by atoms with van der Waals surface area (Å²) < 4.78 is 11.6. The van der Waals surface area contributed by atoms with Crippen LogP contribution in [0.2, 0.25) is 0 Å². The molecule has 0 aliphatic heterocycles. The molecule has 4 N–H and O–H groups in total. The Morgan fingerprint density at radius 3 is 2.38 bits per heavy atom. The molecular formula is C34H41N3O5. The van der Waals surface area contributed by atoms with E-state index in [1.165, 1.54) is 0 Å². The first kappa shape index (κ1) is 30.7. The Morgan fingerprint density at radius 1 is 0.905 bits per heavy atom. The van der Waals surface area contributed by atoms with Crippen LogP contribution in [0.1, 0.15) is 50.3 Å². The topological polar surface area (TPSA) is 113 Å². The molecule has 4 aromatic rings. The van der Waals surface area contributed by atoms with Crippen LogP contribution in [0.3, 0.4) is 0 Å². The van der Waals surface area contributed by atoms with Crippen molar-refractivity contribution in [1.82, 2.24) is 15.6 Å². The van der Waals surface area contributed by atoms with Crippen molar-refractivity contribution in [2.24, 2.45) is 0 Å². The Hall–Kier alpha value is -4.30. The third kappa shape index (κ3) is 9.66. The number of alkyl carbamates (subject to hydrolysis) is 1. The lowest BCUT2D eigenvalue weighted by Gasteiger charge is -2.27. The standard InChI is InChI=1S/C34H41N3O5/c1-34(2,3)42-33(40)36-22-27(18-17-25-13-7-10-16-31(25)41-23-24-11-5-4-6-12-24)37-28(20-32(38)39)19-26-21-35-30-15-9-8-14-29(26)30/h4-16,21,27-28,35,37H,17-20,22-23H2,1-3H3,(H,36,40)(H,38,39)/t27?,28-/m1/s1. The van der Waals surface area contributed by atoms with E-state index in [2.05, 4.69) is 15.6 Å². The minimum atomic E-state index is -0.883. The van der Waals surface area contributed by atoms with E-state index in [1.54, 1.807) is 0 Å². The summed E-state index contributed by atoms with van der Waals surface area (Å²) in [5.74, 6) is -0.0769. The van der Waals surface area contributed by atoms with Gasteiger partial charge in [0.25, 0.3) is 0 Å². The molecular weight excluding hydrogens is 530 g/mol. The van der Waals surface area contributed by atoms with Crippen molar-refractivity contribution in [2.75, 3.05) is 6.54 Å². The Bertz CT molecular complexity index is 1440. The van der Waals surface area contributed by atoms with Gasteiger partial charge in [-0.1, -0.05) is 66.7 Å². The predicted molar refractivity (Wildman–Crippen MR) is 165 cm³/mol. The summed E-state index contributed by atoms with van der Waals surface area (Å²) >= 11 is 0. The molecule has 0 bridgehead atoms. The van der Waals surface area contributed by atoms with Gasteiger partial charge in [-0.15, -0.1) is 0 Å². The molecule has 3 aromatic carbocycles. The molecule has 0 fully saturated rings. The van der Waals surface area contributed by atoms with Gasteiger partial charge in [-0.3, -0.25) is 4.79 Å². The van der Waals surface area contributed by atoms with Gasteiger partial charge in [0.1, 0.15) is 18.0 Å². The minimum Gasteiger partial charge on any atom is -0.489 e. The smallest absolute Gasteiger partial charge is 0.407 e. The SMILES string of the molecule is CC(C)(C)OC(=O)NCC(CCc1ccccc1OCc1ccccc1)N[C@@H](CC(=O)O)Cc1c[nH]c2ccccc12. The van der Waals surface area contributed by atoms with E-state index in [-0.39, 0.29) is 25.0 Å². The van der Waals surface area contributed by atoms with E-state index in [1.807, 2.05) is 106 Å². The second-order valence-electron chi connectivity index (χ2n) is 11.5. The number of fused-ring (bicyclic) bond motifs is 1. The highest BCUT2D eigenvalue weighted by atomic mass is 16.6. The van der Waals surface area contributed by atoms with Crippen molar-refractivity contribution in [3.8, 4) is 5.75 Å². The Morgan fingerprint density at radius 2 is 1.62 bits per heavy atom. The van der Waals surface area contributed by atoms with E-state index in [0.29, 0.717) is 25.9 Å². The number of aromatic nitrogens is 1. The van der Waals surface area contributed by atoms with Crippen molar-refractivity contribution in [3.63, 3.8) is 0 Å². The zero-order chi connectivity index (χ0) is 30.0. The summed E-state index contributed by atoms with van der Waals surface area (Å²) in [5.41, 5.74) is 3.56. The Kier molecular flexibility index (Phi) is 10.6. The number of ether oxygens (including phenoxy) is 2. The number of hydrogen-bond donors (Lipinski definition) is 4. The van der Waals surface area contributed by atoms with Crippen LogP contribution < -0.4 is 15.4 Å². The summed E-state index contributed by atoms with van der Waals surface area (Å²) in [6.45, 7) is 6.20. The van der Waals surface area contributed by atoms with Crippen LogP contribution in [-0.2, 0) is 29.0 Å². The van der Waals surface area contributed by atoms with Gasteiger partial charge < -0.3 is 30.2 Å². The van der Waals surface area contributed by atoms with Crippen LogP contribution in [0.4, 0.5) is 4.79 Å². The lowest BCUT2D eigenvalue weighted by molar-refractivity contribution is -0.137. The van der Waals surface area contributed by atoms with E-state index in [0.717, 1.165) is 33.3 Å². The molecule has 1 heterocycles. The zero-order valence-corrected chi connectivity index (χ0v) is 24.6. The molecule has 4 rings (SSSR count). The van der Waals surface area contributed by atoms with Crippen LogP contribution in [0, 0.1) is 0 Å². The molecule has 2 atom stereocenters. The lowest BCUT2D eigenvalue weighted by atomic mass is 9.99. The number of aryl methyl sites for hydroxylation is 1. The molecule has 1 aromatic heterocycles. The number of rotatable bonds is 14. The zero-order valence-electron chi connectivity index (χ0n) is 24.6. The number of carboxylic acids is 1. The highest BCUT2D eigenvalue weighted by molar-refractivity contribution is 5.83. The van der Waals surface area contributed by atoms with Crippen molar-refractivity contribution in [2.45, 2.75) is 70.7 Å². The largest absolute Gasteiger partial charge is 0.489 e. The second-order valence-corrected chi connectivity index (χ2v) is 11.5. The Labute approximate surface area is 247 Å². The van der Waals surface area contributed by atoms with Crippen LogP contribution in [-0.4, -0.2) is 46.4 Å². The number of benzene rings is 3. The molecule has 42 heavy (non-hydrogen) atoms. The molecule has 0 aliphatic carbocycles. The van der Waals surface area contributed by atoms with Gasteiger partial charge in [-0.2, -0.15) is 0 Å². The van der Waals surface area contributed by atoms with E-state index < -0.39 is 17.7 Å². The fraction of sp³-hybridized carbons (Fsp3) is 0.353. The van der Waals surface area contributed by atoms with E-state index in [9.17, 15) is 14.7 Å². The summed E-state index contributed by atoms with van der Waals surface area (Å²) in [6.07, 6.45) is 3.22. The molecule has 1 amide bonds. The summed E-state index contributed by atoms with van der Waals surface area (Å²) in [7, 11) is 0. The number of carbonyl (C=O) groups excluding carboxylic acids is 1. The first-order chi connectivity index (χ1) is 20.2. The molecule has 0 saturated heterocycles. The summed E-state index contributed by atoms with van der Waals surface area (Å²) in [6, 6.07) is 25.4. The van der Waals surface area contributed by atoms with Gasteiger partial charge in [0.15, 0.2) is 0 Å². The first-order valence-electron chi connectivity index (χ1n) is 14.4. The molecule has 0 aliphatic rings. The fourth-order valence-electron chi connectivity index (χ4n) is 4.98. The van der Waals surface area contributed by atoms with Gasteiger partial charge in [0.05, 0.1) is 6.42 Å². The molecule has 8 heteroatoms. The third-order valence-corrected chi connectivity index (χ3v) is 6.90. The number of nitrogens with one attached hydrogen (secondary N) is 3. The van der Waals surface area contributed by atoms with Gasteiger partial charge in [0.2, 0.25) is 0 Å². The first-order valence-corrected chi connectivity index (χ1v) is 14.4. The number of hydrogen-bond acceptors (Lipinski definition) is 5. The summed E-state index contributed by atoms with van der Waals surface area (Å²) in [5, 5.41) is 17.2. The molecule has 1 unspecified atom stereocenters. The normalized spacial score (nSPS) is 12.9. The van der Waals surface area contributed by atoms with E-state index >= 15 is 0 Å². The molecule has 0 saturated carbocycles. The van der Waals surface area contributed by atoms with Crippen molar-refractivity contribution in [3.05, 3.63) is 102 Å². The molecule has 0 radical (unpaired) electrons. The molecule has 8 nitrogen and oxygen atoms in total. The van der Waals surface area contributed by atoms with Crippen LogP contribution in [0.25, 0.3) is 10.9 Å². The number of para-hydroxylation sites is 2. The maximum Gasteiger partial charge on any atom is 0.407 e. The lowest BCUT2D eigenvalue weighted by Crippen LogP contribution is -2.48. The average molecular weight is 572 g/mol. The number of carboxylic acid groups (broad SMARTS) is 1. The second kappa shape index (κ2) is 14.5. The number of H-pyrrole nitrogens is 1. The van der Waals surface area contributed by atoms with Gasteiger partial charge in [-0.05, 0) is 68.9 Å². The summed E-state index contributed by atoms with van der Waals surface area (Å²) in [4.78, 5) is 27.6. The van der Waals surface area contributed by atoms with Crippen molar-refractivity contribution < 1.29 is 24.2 Å². The van der Waals surface area contributed by atoms with Crippen molar-refractivity contribution in [1.29, 1.82) is 0 Å². The Balaban J connectivity index is 1.48. The number of aromatic amines is 1. The molecule has 222 valence electrons. The van der Waals surface area contributed by atoms with Crippen LogP contribution in [0.15, 0.2) is 85.1 Å². The third-order valence-electron chi connectivity index (χ3n) is 6.90. The highest BCUT2D eigenvalue weighted by Crippen LogP contribution is 2.23. The quantitative estimate of drug-likeness (QED) is 0.142. The van der Waals surface area contributed by atoms with Crippen LogP contribution in [0.5, 0.6) is 5.75 Å². The monoisotopic (exact) mass is 571 g/mol. The average Bonchev–Trinajstić information content (AvgIpc) is 3.35. The highest BCUT2D eigenvalue weighted by Gasteiger charge is 2.23. The number of amides is 1. The number of aliphatic carboxylic acids is 1. The van der Waals surface area contributed by atoms with Gasteiger partial charge >= 0.3 is 12.1 Å². The van der Waals surface area contributed by atoms with Crippen LogP contribution >= 0.6 is 0 Å². The fourth-order valence-corrected chi connectivity index (χ4v) is 4.98. The molecule has 0 spiro atoms. The van der Waals surface area contributed by atoms with Gasteiger partial charge in [0, 0.05) is 35.7 Å². The predicted octanol–water partition coefficient (Wildman–Crippen LogP) is 6.25. The number of carbonyl (C=O) groups is 2. The van der Waals surface area contributed by atoms with E-state index in [4.69, 9.17) is 9.47 Å². The van der Waals surface area contributed by atoms with Gasteiger partial charge in [-0.25, -0.2) is 4.79 Å². The minimum absolute atomic E-state index is 0.0563.